The molecular formula is C76H79BrCl9N23O22. The zero-order chi connectivity index (χ0) is 98.8. The predicted octanol–water partition coefficient (Wildman–Crippen LogP) is 13.9. The van der Waals surface area contributed by atoms with E-state index in [1.54, 1.807) is 94.7 Å². The molecule has 8 N–H and O–H groups in total. The number of nitrogens with two attached hydrogens (primary N) is 2. The number of carboxylic acid groups (broad SMARTS) is 1. The number of nitrogens with zero attached hydrogens (tertiary/aromatic N) is 18. The number of esters is 2. The molecule has 0 aliphatic carbocycles. The highest BCUT2D eigenvalue weighted by molar-refractivity contribution is 9.10. The van der Waals surface area contributed by atoms with Crippen molar-refractivity contribution < 1.29 is 86.3 Å². The predicted molar refractivity (Wildman–Crippen MR) is 495 cm³/mol. The SMILES string of the molecule is CC(=O)O.CCOC(=O)C(=O)OCC.CNc1nc(Cl)ncc1N.CNc1nc(Cl)ncc1N.CNc1nc(Cl)ncc1[N+](=O)[O-].COc1cc(Br)cc(OC)c1.COc1cc(OC)c(Cl)c(-c2nc3cnc(Cl)nc3n(C)c2=O)c1Cl.COc1cc(OC)cc(-c2nc3cnc(Cl)nc3n(C)c2=O)c1.COc1cc(OC)cc(C(=O)C(C)=O)c1.O=[N+]([O-])c1cnc(Cl)nc1Cl. The third kappa shape index (κ3) is 35.2. The van der Waals surface area contributed by atoms with Gasteiger partial charge in [-0.25, -0.2) is 49.5 Å². The van der Waals surface area contributed by atoms with Crippen LogP contribution in [-0.2, 0) is 42.7 Å². The number of carbonyl (C=O) groups is 5. The molecular weight excluding hydrogens is 1990 g/mol. The molecule has 700 valence electrons. The Morgan fingerprint density at radius 3 is 1.11 bits per heavy atom. The van der Waals surface area contributed by atoms with Gasteiger partial charge < -0.3 is 79.9 Å². The van der Waals surface area contributed by atoms with Crippen LogP contribution >= 0.6 is 120 Å². The summed E-state index contributed by atoms with van der Waals surface area (Å²) in [6, 6.07) is 16.9. The largest absolute Gasteiger partial charge is 0.497 e. The molecule has 45 nitrogen and oxygen atoms in total. The van der Waals surface area contributed by atoms with Gasteiger partial charge in [0, 0.05) is 89.0 Å². The number of anilines is 5. The van der Waals surface area contributed by atoms with Crippen molar-refractivity contribution >= 4 is 212 Å². The van der Waals surface area contributed by atoms with Crippen LogP contribution in [0.25, 0.3) is 44.8 Å². The molecule has 0 amide bonds. The molecule has 0 aliphatic heterocycles. The number of nitrogen functional groups attached to an aromatic ring is 2. The van der Waals surface area contributed by atoms with E-state index in [1.807, 2.05) is 18.2 Å². The summed E-state index contributed by atoms with van der Waals surface area (Å²) in [5.74, 6) is 1.76. The number of ether oxygens (including phenoxy) is 10. The van der Waals surface area contributed by atoms with Crippen LogP contribution in [0.4, 0.5) is 40.2 Å². The third-order valence-electron chi connectivity index (χ3n) is 15.1. The first-order valence-electron chi connectivity index (χ1n) is 35.9. The molecule has 0 unspecified atom stereocenters. The number of carboxylic acids is 1. The number of rotatable bonds is 19. The summed E-state index contributed by atoms with van der Waals surface area (Å²) >= 11 is 54.7. The molecule has 0 aliphatic rings. The van der Waals surface area contributed by atoms with Crippen LogP contribution in [0.3, 0.4) is 0 Å². The van der Waals surface area contributed by atoms with Gasteiger partial charge in [0.1, 0.15) is 80.8 Å². The summed E-state index contributed by atoms with van der Waals surface area (Å²) in [5.41, 5.74) is 13.4. The van der Waals surface area contributed by atoms with Gasteiger partial charge in [-0.2, -0.15) is 29.9 Å². The first kappa shape index (κ1) is 112. The number of nitro groups is 2. The second-order valence-corrected chi connectivity index (χ2v) is 27.6. The van der Waals surface area contributed by atoms with E-state index in [0.29, 0.717) is 79.8 Å². The minimum atomic E-state index is -0.927. The Morgan fingerprint density at radius 2 is 0.771 bits per heavy atom. The third-order valence-corrected chi connectivity index (χ3v) is 17.7. The molecule has 0 saturated heterocycles. The maximum atomic E-state index is 12.8. The highest BCUT2D eigenvalue weighted by Crippen LogP contribution is 2.45. The molecule has 0 fully saturated rings. The van der Waals surface area contributed by atoms with Gasteiger partial charge in [0.05, 0.1) is 132 Å². The van der Waals surface area contributed by atoms with Crippen LogP contribution in [0.5, 0.6) is 46.0 Å². The van der Waals surface area contributed by atoms with Gasteiger partial charge in [0.2, 0.25) is 48.5 Å². The Morgan fingerprint density at radius 1 is 0.450 bits per heavy atom. The summed E-state index contributed by atoms with van der Waals surface area (Å²) < 4.78 is 53.3. The summed E-state index contributed by atoms with van der Waals surface area (Å²) in [6.07, 6.45) is 7.82. The van der Waals surface area contributed by atoms with Gasteiger partial charge in [-0.05, 0) is 120 Å². The lowest BCUT2D eigenvalue weighted by molar-refractivity contribution is -0.385. The summed E-state index contributed by atoms with van der Waals surface area (Å²) in [6.45, 7) is 5.94. The number of benzene rings is 4. The average Bonchev–Trinajstić information content (AvgIpc) is 0.759. The van der Waals surface area contributed by atoms with E-state index in [-0.39, 0.29) is 111 Å². The Kier molecular flexibility index (Phi) is 48.0. The number of hydrogen-bond donors (Lipinski definition) is 6. The van der Waals surface area contributed by atoms with Crippen LogP contribution in [0.2, 0.25) is 46.9 Å². The molecule has 0 atom stereocenters. The van der Waals surface area contributed by atoms with Crippen molar-refractivity contribution in [1.29, 1.82) is 0 Å². The Bertz CT molecular complexity index is 5980. The summed E-state index contributed by atoms with van der Waals surface area (Å²) in [4.78, 5) is 150. The monoisotopic (exact) mass is 2060 g/mol. The minimum absolute atomic E-state index is 0.0103. The lowest BCUT2D eigenvalue weighted by atomic mass is 10.1. The second kappa shape index (κ2) is 56.2. The first-order valence-corrected chi connectivity index (χ1v) is 40.1. The van der Waals surface area contributed by atoms with E-state index in [4.69, 9.17) is 164 Å². The van der Waals surface area contributed by atoms with E-state index in [9.17, 15) is 49.0 Å². The minimum Gasteiger partial charge on any atom is -0.497 e. The standard InChI is InChI=1S/C15H11Cl3N4O3.C15H13ClN4O3.C11H12O4.C8H9BrO2.C6H10O4.C5H5ClN4O2.2C5H7ClN4.C4HCl2N3O2.C2H4O2/c1-22-13-6(5-19-15(18)21-13)20-12(14(22)23)9-10(16)7(24-2)4-8(25-3)11(9)17;1-20-13-11(7-17-15(16)19-13)18-12(14(20)21)8-4-9(22-2)6-10(5-8)23-3;1-7(12)11(13)8-4-9(14-2)6-10(5-8)15-3;1-10-7-3-6(9)4-8(5-7)11-2;1-3-9-5(7)6(8)10-4-2;1-7-4-3(10(11)12)2-8-5(6)9-4;2*1-8-4-3(7)2-9-5(6)10-4;5-3-2(9(10)11)1-7-4(6)8-3;1-2(3)4/h4-5H,1-3H3;4-7H,1-3H3;4-6H,1-3H3;3-5H,1-2H3;3-4H2,1-2H3;2H,1H3,(H,7,8,9);2*2H,7H2,1H3,(H,8,9,10);1H;1H3,(H,3,4). The van der Waals surface area contributed by atoms with Gasteiger partial charge in [-0.3, -0.25) is 53.3 Å². The molecule has 131 heavy (non-hydrogen) atoms. The Balaban J connectivity index is 0.000000387. The van der Waals surface area contributed by atoms with Crippen molar-refractivity contribution in [3.05, 3.63) is 196 Å². The van der Waals surface area contributed by atoms with Crippen LogP contribution in [0, 0.1) is 20.2 Å². The quantitative estimate of drug-likeness (QED) is 0.00833. The number of aromatic nitrogens is 16. The molecule has 4 aromatic carbocycles. The van der Waals surface area contributed by atoms with Crippen molar-refractivity contribution in [2.45, 2.75) is 27.7 Å². The fourth-order valence-electron chi connectivity index (χ4n) is 9.14. The molecule has 12 rings (SSSR count). The molecule has 0 spiro atoms. The van der Waals surface area contributed by atoms with Gasteiger partial charge in [-0.15, -0.1) is 0 Å². The zero-order valence-electron chi connectivity index (χ0n) is 71.7. The molecule has 55 heteroatoms. The molecule has 0 radical (unpaired) electrons. The number of Topliss-reactive ketones (excluding diaryl/α,β-unsaturated/α-hetero) is 2. The van der Waals surface area contributed by atoms with E-state index >= 15 is 0 Å². The fourth-order valence-corrected chi connectivity index (χ4v) is 11.3. The van der Waals surface area contributed by atoms with Crippen molar-refractivity contribution in [2.24, 2.45) is 14.1 Å². The molecule has 0 bridgehead atoms. The van der Waals surface area contributed by atoms with Crippen LogP contribution in [0.1, 0.15) is 38.1 Å². The molecule has 12 aromatic rings. The number of carbonyl (C=O) groups excluding carboxylic acids is 4. The zero-order valence-corrected chi connectivity index (χ0v) is 80.0. The maximum absolute atomic E-state index is 12.8. The number of hydrogen-bond acceptors (Lipinski definition) is 40. The average molecular weight is 2070 g/mol. The number of aryl methyl sites for hydroxylation is 2. The van der Waals surface area contributed by atoms with Crippen molar-refractivity contribution in [1.82, 2.24) is 78.9 Å². The highest BCUT2D eigenvalue weighted by Gasteiger charge is 2.25. The topological polar surface area (TPSA) is 597 Å². The Hall–Kier alpha value is -13.3. The maximum Gasteiger partial charge on any atom is 0.417 e. The number of aliphatic carboxylic acids is 1. The number of methoxy groups -OCH3 is 8. The molecule has 8 aromatic heterocycles. The molecule has 8 heterocycles. The smallest absolute Gasteiger partial charge is 0.417 e. The van der Waals surface area contributed by atoms with Crippen molar-refractivity contribution in [3.63, 3.8) is 0 Å². The van der Waals surface area contributed by atoms with Crippen molar-refractivity contribution in [2.75, 3.05) is 119 Å². The highest BCUT2D eigenvalue weighted by atomic mass is 79.9. The van der Waals surface area contributed by atoms with E-state index in [1.165, 1.54) is 94.5 Å². The van der Waals surface area contributed by atoms with E-state index < -0.39 is 44.9 Å². The normalized spacial score (nSPS) is 9.82. The van der Waals surface area contributed by atoms with E-state index in [0.717, 1.165) is 35.3 Å². The summed E-state index contributed by atoms with van der Waals surface area (Å²) in [5, 5.41) is 36.3. The van der Waals surface area contributed by atoms with Crippen molar-refractivity contribution in [3.8, 4) is 68.5 Å². The first-order chi connectivity index (χ1) is 61.9. The van der Waals surface area contributed by atoms with Gasteiger partial charge in [-0.1, -0.05) is 50.7 Å². The number of ketones is 2. The lowest BCUT2D eigenvalue weighted by Crippen LogP contribution is -2.22. The fraction of sp³-hybridized carbons (Fsp3) is 0.250. The molecule has 0 saturated carbocycles. The van der Waals surface area contributed by atoms with Crippen LogP contribution in [0.15, 0.2) is 112 Å². The van der Waals surface area contributed by atoms with Gasteiger partial charge in [0.15, 0.2) is 28.7 Å². The summed E-state index contributed by atoms with van der Waals surface area (Å²) in [7, 11) is 20.3. The van der Waals surface area contributed by atoms with Gasteiger partial charge >= 0.3 is 23.3 Å². The van der Waals surface area contributed by atoms with E-state index in [2.05, 4.69) is 111 Å². The lowest BCUT2D eigenvalue weighted by Gasteiger charge is -2.15. The van der Waals surface area contributed by atoms with Crippen LogP contribution in [-0.4, -0.2) is 215 Å². The number of fused-ring (bicyclic) bond motifs is 2. The Labute approximate surface area is 796 Å². The number of halogens is 10. The van der Waals surface area contributed by atoms with Gasteiger partial charge in [0.25, 0.3) is 17.1 Å². The van der Waals surface area contributed by atoms with Crippen LogP contribution < -0.4 is 76.4 Å². The number of nitrogens with one attached hydrogen (secondary N) is 3. The second-order valence-electron chi connectivity index (χ2n) is 23.5.